The van der Waals surface area contributed by atoms with E-state index in [9.17, 15) is 4.79 Å². The van der Waals surface area contributed by atoms with Crippen molar-refractivity contribution >= 4 is 11.7 Å². The molecule has 0 bridgehead atoms. The molecule has 1 unspecified atom stereocenters. The van der Waals surface area contributed by atoms with E-state index < -0.39 is 5.97 Å². The summed E-state index contributed by atoms with van der Waals surface area (Å²) in [5.41, 5.74) is 2.50. The Morgan fingerprint density at radius 3 is 2.58 bits per heavy atom. The molecule has 2 aromatic rings. The van der Waals surface area contributed by atoms with Crippen LogP contribution in [0.4, 0.5) is 5.69 Å². The van der Waals surface area contributed by atoms with Crippen LogP contribution >= 0.6 is 0 Å². The molecule has 1 aliphatic rings. The number of hydrogen-bond acceptors (Lipinski definition) is 4. The molecule has 1 aliphatic carbocycles. The lowest BCUT2D eigenvalue weighted by atomic mass is 9.82. The van der Waals surface area contributed by atoms with Crippen LogP contribution in [0.15, 0.2) is 54.6 Å². The molecule has 0 radical (unpaired) electrons. The minimum absolute atomic E-state index is 0.274. The number of carbonyl (C=O) groups is 1. The van der Waals surface area contributed by atoms with Crippen molar-refractivity contribution in [2.75, 3.05) is 25.1 Å². The molecule has 0 spiro atoms. The van der Waals surface area contributed by atoms with Gasteiger partial charge in [0.2, 0.25) is 0 Å². The number of hydrogen-bond donors (Lipinski definition) is 2. The molecule has 2 N–H and O–H groups in total. The Hall–Kier alpha value is -2.53. The zero-order chi connectivity index (χ0) is 22.1. The minimum Gasteiger partial charge on any atom is -0.497 e. The molecule has 168 valence electrons. The van der Waals surface area contributed by atoms with Gasteiger partial charge in [-0.15, -0.1) is 0 Å². The van der Waals surface area contributed by atoms with Gasteiger partial charge in [0.1, 0.15) is 5.75 Å². The van der Waals surface area contributed by atoms with Gasteiger partial charge in [-0.25, -0.2) is 0 Å². The highest BCUT2D eigenvalue weighted by molar-refractivity contribution is 5.66. The Bertz CT molecular complexity index is 794. The molecule has 3 rings (SSSR count). The number of carboxylic acids is 1. The number of carboxylic acid groups (broad SMARTS) is 1. The molecule has 2 aromatic carbocycles. The van der Waals surface area contributed by atoms with E-state index in [1.165, 1.54) is 11.3 Å². The van der Waals surface area contributed by atoms with Crippen molar-refractivity contribution in [2.24, 2.45) is 5.92 Å². The largest absolute Gasteiger partial charge is 0.497 e. The predicted octanol–water partition coefficient (Wildman–Crippen LogP) is 5.28. The Morgan fingerprint density at radius 1 is 1.16 bits per heavy atom. The van der Waals surface area contributed by atoms with Crippen LogP contribution in [-0.4, -0.2) is 37.3 Å². The number of nitrogens with one attached hydrogen (secondary N) is 1. The number of anilines is 1. The monoisotopic (exact) mass is 424 g/mol. The lowest BCUT2D eigenvalue weighted by molar-refractivity contribution is -0.137. The summed E-state index contributed by atoms with van der Waals surface area (Å²) in [7, 11) is 1.69. The fourth-order valence-electron chi connectivity index (χ4n) is 4.69. The third kappa shape index (κ3) is 7.00. The lowest BCUT2D eigenvalue weighted by Crippen LogP contribution is -2.43. The van der Waals surface area contributed by atoms with E-state index in [0.29, 0.717) is 18.0 Å². The van der Waals surface area contributed by atoms with Crippen LogP contribution < -0.4 is 15.0 Å². The van der Waals surface area contributed by atoms with E-state index in [1.807, 2.05) is 18.2 Å². The zero-order valence-corrected chi connectivity index (χ0v) is 18.8. The van der Waals surface area contributed by atoms with Gasteiger partial charge in [-0.3, -0.25) is 4.79 Å². The second kappa shape index (κ2) is 11.8. The number of benzene rings is 2. The van der Waals surface area contributed by atoms with Crippen LogP contribution in [0.25, 0.3) is 0 Å². The lowest BCUT2D eigenvalue weighted by Gasteiger charge is -2.39. The Kier molecular flexibility index (Phi) is 8.77. The van der Waals surface area contributed by atoms with Gasteiger partial charge in [0, 0.05) is 37.3 Å². The number of rotatable bonds is 11. The SMILES string of the molecule is COc1ccc(N(CCNC(C)c2ccccc2)[C@@H]2CCC[C@@H](CCC(=O)O)C2)cc1. The van der Waals surface area contributed by atoms with Crippen molar-refractivity contribution in [3.63, 3.8) is 0 Å². The molecule has 1 saturated carbocycles. The van der Waals surface area contributed by atoms with Gasteiger partial charge >= 0.3 is 5.97 Å². The van der Waals surface area contributed by atoms with Gasteiger partial charge in [-0.1, -0.05) is 43.2 Å². The minimum atomic E-state index is -0.687. The Balaban J connectivity index is 1.66. The van der Waals surface area contributed by atoms with Crippen molar-refractivity contribution < 1.29 is 14.6 Å². The van der Waals surface area contributed by atoms with Gasteiger partial charge in [-0.2, -0.15) is 0 Å². The highest BCUT2D eigenvalue weighted by atomic mass is 16.5. The summed E-state index contributed by atoms with van der Waals surface area (Å²) in [6.07, 6.45) is 5.58. The van der Waals surface area contributed by atoms with Crippen molar-refractivity contribution in [3.05, 3.63) is 60.2 Å². The average molecular weight is 425 g/mol. The zero-order valence-electron chi connectivity index (χ0n) is 18.8. The quantitative estimate of drug-likeness (QED) is 0.514. The molecule has 31 heavy (non-hydrogen) atoms. The summed E-state index contributed by atoms with van der Waals surface area (Å²) in [5.74, 6) is 0.669. The molecule has 0 aliphatic heterocycles. The number of ether oxygens (including phenoxy) is 1. The molecule has 0 heterocycles. The Labute approximate surface area is 186 Å². The molecule has 0 aromatic heterocycles. The third-order valence-electron chi connectivity index (χ3n) is 6.47. The van der Waals surface area contributed by atoms with Crippen LogP contribution in [0.2, 0.25) is 0 Å². The topological polar surface area (TPSA) is 61.8 Å². The van der Waals surface area contributed by atoms with Crippen molar-refractivity contribution in [2.45, 2.75) is 57.5 Å². The Morgan fingerprint density at radius 2 is 1.90 bits per heavy atom. The molecule has 1 fully saturated rings. The highest BCUT2D eigenvalue weighted by Gasteiger charge is 2.27. The second-order valence-electron chi connectivity index (χ2n) is 8.60. The maximum Gasteiger partial charge on any atom is 0.303 e. The van der Waals surface area contributed by atoms with Crippen LogP contribution in [0.3, 0.4) is 0 Å². The number of nitrogens with zero attached hydrogens (tertiary/aromatic N) is 1. The first-order chi connectivity index (χ1) is 15.1. The highest BCUT2D eigenvalue weighted by Crippen LogP contribution is 2.33. The molecule has 5 nitrogen and oxygen atoms in total. The van der Waals surface area contributed by atoms with E-state index in [-0.39, 0.29) is 6.42 Å². The van der Waals surface area contributed by atoms with E-state index in [4.69, 9.17) is 9.84 Å². The van der Waals surface area contributed by atoms with Gasteiger partial charge < -0.3 is 20.1 Å². The van der Waals surface area contributed by atoms with Crippen molar-refractivity contribution in [1.82, 2.24) is 5.32 Å². The third-order valence-corrected chi connectivity index (χ3v) is 6.47. The van der Waals surface area contributed by atoms with Gasteiger partial charge in [0.15, 0.2) is 0 Å². The smallest absolute Gasteiger partial charge is 0.303 e. The van der Waals surface area contributed by atoms with Crippen LogP contribution in [-0.2, 0) is 4.79 Å². The van der Waals surface area contributed by atoms with Gasteiger partial charge in [-0.05, 0) is 61.9 Å². The standard InChI is InChI=1S/C26H36N2O3/c1-20(22-8-4-3-5-9-22)27-17-18-28(23-12-14-25(31-2)15-13-23)24-10-6-7-21(19-24)11-16-26(29)30/h3-5,8-9,12-15,20-21,24,27H,6-7,10-11,16-19H2,1-2H3,(H,29,30)/t20?,21-,24+/m0/s1. The van der Waals surface area contributed by atoms with E-state index in [1.54, 1.807) is 7.11 Å². The van der Waals surface area contributed by atoms with Gasteiger partial charge in [0.05, 0.1) is 7.11 Å². The van der Waals surface area contributed by atoms with E-state index in [0.717, 1.165) is 50.9 Å². The molecule has 5 heteroatoms. The first kappa shape index (κ1) is 23.1. The molecule has 0 amide bonds. The second-order valence-corrected chi connectivity index (χ2v) is 8.60. The fourth-order valence-corrected chi connectivity index (χ4v) is 4.69. The fraction of sp³-hybridized carbons (Fsp3) is 0.500. The van der Waals surface area contributed by atoms with E-state index in [2.05, 4.69) is 53.5 Å². The summed E-state index contributed by atoms with van der Waals surface area (Å²) >= 11 is 0. The molecule has 0 saturated heterocycles. The molecular formula is C26H36N2O3. The summed E-state index contributed by atoms with van der Waals surface area (Å²) < 4.78 is 5.34. The summed E-state index contributed by atoms with van der Waals surface area (Å²) in [6.45, 7) is 4.01. The first-order valence-corrected chi connectivity index (χ1v) is 11.5. The first-order valence-electron chi connectivity index (χ1n) is 11.5. The molecule has 3 atom stereocenters. The van der Waals surface area contributed by atoms with Crippen molar-refractivity contribution in [3.8, 4) is 5.75 Å². The summed E-state index contributed by atoms with van der Waals surface area (Å²) in [4.78, 5) is 13.5. The predicted molar refractivity (Wildman–Crippen MR) is 126 cm³/mol. The van der Waals surface area contributed by atoms with E-state index >= 15 is 0 Å². The van der Waals surface area contributed by atoms with Crippen LogP contribution in [0, 0.1) is 5.92 Å². The van der Waals surface area contributed by atoms with Crippen molar-refractivity contribution in [1.29, 1.82) is 0 Å². The van der Waals surface area contributed by atoms with Crippen LogP contribution in [0.1, 0.15) is 57.1 Å². The average Bonchev–Trinajstić information content (AvgIpc) is 2.81. The van der Waals surface area contributed by atoms with Gasteiger partial charge in [0.25, 0.3) is 0 Å². The summed E-state index contributed by atoms with van der Waals surface area (Å²) in [6, 6.07) is 19.6. The maximum absolute atomic E-state index is 11.0. The van der Waals surface area contributed by atoms with Crippen LogP contribution in [0.5, 0.6) is 5.75 Å². The number of methoxy groups -OCH3 is 1. The normalized spacial score (nSPS) is 19.5. The number of aliphatic carboxylic acids is 1. The summed E-state index contributed by atoms with van der Waals surface area (Å²) in [5, 5.41) is 12.7. The maximum atomic E-state index is 11.0. The molecular weight excluding hydrogens is 388 g/mol.